The van der Waals surface area contributed by atoms with Gasteiger partial charge in [-0.1, -0.05) is 38.1 Å². The number of nitrogens with one attached hydrogen (secondary N) is 1. The van der Waals surface area contributed by atoms with Crippen molar-refractivity contribution in [3.05, 3.63) is 46.6 Å². The highest BCUT2D eigenvalue weighted by atomic mass is 32.2. The Bertz CT molecular complexity index is 990. The number of nitrogens with zero attached hydrogens (tertiary/aromatic N) is 2. The smallest absolute Gasteiger partial charge is 0.226 e. The summed E-state index contributed by atoms with van der Waals surface area (Å²) in [5.41, 5.74) is 4.23. The van der Waals surface area contributed by atoms with E-state index in [0.29, 0.717) is 24.6 Å². The third-order valence-corrected chi connectivity index (χ3v) is 7.44. The van der Waals surface area contributed by atoms with E-state index in [4.69, 9.17) is 0 Å². The molecule has 3 heterocycles. The van der Waals surface area contributed by atoms with Gasteiger partial charge in [0.05, 0.1) is 23.2 Å². The second-order valence-electron chi connectivity index (χ2n) is 7.98. The van der Waals surface area contributed by atoms with Crippen LogP contribution in [-0.2, 0) is 14.6 Å². The summed E-state index contributed by atoms with van der Waals surface area (Å²) in [6.45, 7) is 6.25. The van der Waals surface area contributed by atoms with Crippen LogP contribution in [0.5, 0.6) is 0 Å². The number of aromatic nitrogens is 2. The number of fused-ring (bicyclic) bond motifs is 1. The molecule has 0 aliphatic carbocycles. The lowest BCUT2D eigenvalue weighted by Crippen LogP contribution is -2.26. The van der Waals surface area contributed by atoms with Gasteiger partial charge in [0.15, 0.2) is 9.84 Å². The predicted molar refractivity (Wildman–Crippen MR) is 105 cm³/mol. The molecule has 0 bridgehead atoms. The Hall–Kier alpha value is -2.15. The van der Waals surface area contributed by atoms with E-state index in [0.717, 1.165) is 16.8 Å². The Morgan fingerprint density at radius 3 is 2.52 bits per heavy atom. The van der Waals surface area contributed by atoms with Crippen molar-refractivity contribution in [1.82, 2.24) is 9.78 Å². The first-order chi connectivity index (χ1) is 12.7. The first kappa shape index (κ1) is 18.2. The number of hydrogen-bond acceptors (Lipinski definition) is 4. The van der Waals surface area contributed by atoms with Crippen LogP contribution in [0.15, 0.2) is 24.3 Å². The van der Waals surface area contributed by atoms with Gasteiger partial charge in [0.2, 0.25) is 5.91 Å². The van der Waals surface area contributed by atoms with E-state index in [2.05, 4.69) is 48.5 Å². The van der Waals surface area contributed by atoms with Gasteiger partial charge in [0.25, 0.3) is 0 Å². The zero-order valence-corrected chi connectivity index (χ0v) is 16.7. The van der Waals surface area contributed by atoms with E-state index in [1.807, 2.05) is 6.92 Å². The largest absolute Gasteiger partial charge is 0.311 e. The number of aryl methyl sites for hydroxylation is 1. The van der Waals surface area contributed by atoms with Gasteiger partial charge in [-0.3, -0.25) is 4.79 Å². The molecule has 0 radical (unpaired) electrons. The van der Waals surface area contributed by atoms with Gasteiger partial charge in [0.1, 0.15) is 5.82 Å². The second-order valence-corrected chi connectivity index (χ2v) is 10.2. The van der Waals surface area contributed by atoms with Crippen molar-refractivity contribution in [2.45, 2.75) is 51.5 Å². The molecule has 1 fully saturated rings. The lowest BCUT2D eigenvalue weighted by atomic mass is 9.85. The first-order valence-electron chi connectivity index (χ1n) is 9.44. The van der Waals surface area contributed by atoms with Crippen molar-refractivity contribution in [3.63, 3.8) is 0 Å². The highest BCUT2D eigenvalue weighted by molar-refractivity contribution is 7.91. The maximum atomic E-state index is 12.4. The number of anilines is 1. The molecule has 0 unspecified atom stereocenters. The second kappa shape index (κ2) is 6.48. The van der Waals surface area contributed by atoms with Gasteiger partial charge in [-0.2, -0.15) is 5.10 Å². The SMILES string of the molecule is Cc1nn([C@@H]2CCS(=O)(=O)C2)c2c1[C@@H](c1ccc(C(C)C)cc1)CC(=O)N2. The van der Waals surface area contributed by atoms with Crippen LogP contribution in [0.2, 0.25) is 0 Å². The minimum absolute atomic E-state index is 0.0533. The average molecular weight is 388 g/mol. The molecule has 0 saturated carbocycles. The molecule has 1 aromatic heterocycles. The van der Waals surface area contributed by atoms with Crippen LogP contribution in [0, 0.1) is 6.92 Å². The van der Waals surface area contributed by atoms with Crippen molar-refractivity contribution in [2.24, 2.45) is 0 Å². The van der Waals surface area contributed by atoms with Crippen molar-refractivity contribution in [2.75, 3.05) is 16.8 Å². The van der Waals surface area contributed by atoms with Crippen molar-refractivity contribution in [3.8, 4) is 0 Å². The molecule has 1 N–H and O–H groups in total. The molecule has 7 heteroatoms. The van der Waals surface area contributed by atoms with Gasteiger partial charge in [0, 0.05) is 17.9 Å². The van der Waals surface area contributed by atoms with Gasteiger partial charge in [-0.15, -0.1) is 0 Å². The molecule has 144 valence electrons. The van der Waals surface area contributed by atoms with Crippen LogP contribution in [-0.4, -0.2) is 35.6 Å². The lowest BCUT2D eigenvalue weighted by molar-refractivity contribution is -0.116. The minimum Gasteiger partial charge on any atom is -0.311 e. The van der Waals surface area contributed by atoms with E-state index in [1.165, 1.54) is 5.56 Å². The maximum Gasteiger partial charge on any atom is 0.226 e. The fraction of sp³-hybridized carbons (Fsp3) is 0.500. The van der Waals surface area contributed by atoms with Crippen LogP contribution in [0.25, 0.3) is 0 Å². The summed E-state index contributed by atoms with van der Waals surface area (Å²) in [4.78, 5) is 12.4. The van der Waals surface area contributed by atoms with Crippen molar-refractivity contribution < 1.29 is 13.2 Å². The van der Waals surface area contributed by atoms with Gasteiger partial charge in [-0.05, 0) is 30.4 Å². The average Bonchev–Trinajstić information content (AvgIpc) is 3.13. The fourth-order valence-electron chi connectivity index (χ4n) is 4.20. The van der Waals surface area contributed by atoms with Crippen LogP contribution in [0.4, 0.5) is 5.82 Å². The molecular weight excluding hydrogens is 362 g/mol. The summed E-state index contributed by atoms with van der Waals surface area (Å²) in [7, 11) is -3.03. The Morgan fingerprint density at radius 2 is 1.93 bits per heavy atom. The number of carbonyl (C=O) groups excluding carboxylic acids is 1. The number of sulfone groups is 1. The molecule has 1 aromatic carbocycles. The molecule has 2 aliphatic heterocycles. The van der Waals surface area contributed by atoms with Crippen LogP contribution in [0.1, 0.15) is 67.0 Å². The highest BCUT2D eigenvalue weighted by Crippen LogP contribution is 2.41. The quantitative estimate of drug-likeness (QED) is 0.877. The summed E-state index contributed by atoms with van der Waals surface area (Å²) in [5, 5.41) is 7.58. The first-order valence-corrected chi connectivity index (χ1v) is 11.3. The zero-order chi connectivity index (χ0) is 19.3. The van der Waals surface area contributed by atoms with Crippen LogP contribution < -0.4 is 5.32 Å². The molecule has 2 aliphatic rings. The summed E-state index contributed by atoms with van der Waals surface area (Å²) in [6.07, 6.45) is 0.920. The third-order valence-electron chi connectivity index (χ3n) is 5.69. The Labute approximate surface area is 159 Å². The summed E-state index contributed by atoms with van der Waals surface area (Å²) in [5.74, 6) is 1.29. The molecule has 6 nitrogen and oxygen atoms in total. The zero-order valence-electron chi connectivity index (χ0n) is 15.9. The molecule has 1 amide bonds. The standard InChI is InChI=1S/C20H25N3O3S/c1-12(2)14-4-6-15(7-5-14)17-10-18(24)21-20-19(17)13(3)22-23(20)16-8-9-27(25,26)11-16/h4-7,12,16-17H,8-11H2,1-3H3,(H,21,24)/t16-,17-/m1/s1. The topological polar surface area (TPSA) is 81.1 Å². The highest BCUT2D eigenvalue weighted by Gasteiger charge is 2.37. The van der Waals surface area contributed by atoms with Gasteiger partial charge >= 0.3 is 0 Å². The number of rotatable bonds is 3. The fourth-order valence-corrected chi connectivity index (χ4v) is 5.89. The van der Waals surface area contributed by atoms with E-state index < -0.39 is 9.84 Å². The molecule has 4 rings (SSSR count). The van der Waals surface area contributed by atoms with Gasteiger partial charge in [-0.25, -0.2) is 13.1 Å². The number of hydrogen-bond donors (Lipinski definition) is 1. The Morgan fingerprint density at radius 1 is 1.22 bits per heavy atom. The summed E-state index contributed by atoms with van der Waals surface area (Å²) in [6, 6.07) is 8.23. The van der Waals surface area contributed by atoms with E-state index in [-0.39, 0.29) is 29.4 Å². The maximum absolute atomic E-state index is 12.4. The van der Waals surface area contributed by atoms with Crippen molar-refractivity contribution in [1.29, 1.82) is 0 Å². The van der Waals surface area contributed by atoms with Gasteiger partial charge < -0.3 is 5.32 Å². The lowest BCUT2D eigenvalue weighted by Gasteiger charge is -2.25. The molecule has 27 heavy (non-hydrogen) atoms. The third kappa shape index (κ3) is 3.29. The van der Waals surface area contributed by atoms with Crippen molar-refractivity contribution >= 4 is 21.6 Å². The Kier molecular flexibility index (Phi) is 4.37. The number of carbonyl (C=O) groups is 1. The predicted octanol–water partition coefficient (Wildman–Crippen LogP) is 3.15. The molecule has 0 spiro atoms. The monoisotopic (exact) mass is 387 g/mol. The number of benzene rings is 1. The summed E-state index contributed by atoms with van der Waals surface area (Å²) < 4.78 is 25.5. The molecule has 2 atom stereocenters. The van der Waals surface area contributed by atoms with Crippen LogP contribution >= 0.6 is 0 Å². The molecule has 1 saturated heterocycles. The van der Waals surface area contributed by atoms with Crippen LogP contribution in [0.3, 0.4) is 0 Å². The number of amides is 1. The normalized spacial score (nSPS) is 24.1. The summed E-state index contributed by atoms with van der Waals surface area (Å²) >= 11 is 0. The molecular formula is C20H25N3O3S. The van der Waals surface area contributed by atoms with E-state index in [9.17, 15) is 13.2 Å². The Balaban J connectivity index is 1.75. The molecule has 2 aromatic rings. The minimum atomic E-state index is -3.03. The van der Waals surface area contributed by atoms with E-state index in [1.54, 1.807) is 4.68 Å². The van der Waals surface area contributed by atoms with E-state index >= 15 is 0 Å².